The standard InChI is InChI=1S/C26H36N6O8/c1-13(2)9-20(26(39)40)32-25(38)19(11-22(34)35)31-24(37)18(30-23(36)16(27)7-8-21(28)33)10-14-12-29-17-6-4-3-5-15(14)17/h3-6,12-13,16,18-20,29H,7-11,27H2,1-2H3,(H2,28,33)(H,30,36)(H,31,37)(H,32,38)(H,34,35)(H,39,40). The highest BCUT2D eigenvalue weighted by molar-refractivity contribution is 5.96. The van der Waals surface area contributed by atoms with E-state index >= 15 is 0 Å². The van der Waals surface area contributed by atoms with Crippen LogP contribution in [-0.4, -0.2) is 74.9 Å². The summed E-state index contributed by atoms with van der Waals surface area (Å²) in [5.41, 5.74) is 12.4. The van der Waals surface area contributed by atoms with Crippen LogP contribution < -0.4 is 27.4 Å². The summed E-state index contributed by atoms with van der Waals surface area (Å²) in [7, 11) is 0. The number of aromatic amines is 1. The summed E-state index contributed by atoms with van der Waals surface area (Å²) in [6.45, 7) is 3.51. The van der Waals surface area contributed by atoms with Crippen LogP contribution in [0.3, 0.4) is 0 Å². The predicted octanol–water partition coefficient (Wildman–Crippen LogP) is -0.637. The number of benzene rings is 1. The monoisotopic (exact) mass is 560 g/mol. The van der Waals surface area contributed by atoms with Gasteiger partial charge in [0.1, 0.15) is 18.1 Å². The van der Waals surface area contributed by atoms with E-state index in [0.717, 1.165) is 10.9 Å². The molecule has 0 aliphatic rings. The van der Waals surface area contributed by atoms with Gasteiger partial charge in [0.05, 0.1) is 12.5 Å². The number of carbonyl (C=O) groups is 6. The van der Waals surface area contributed by atoms with Crippen LogP contribution in [0.4, 0.5) is 0 Å². The first-order valence-corrected chi connectivity index (χ1v) is 12.7. The minimum Gasteiger partial charge on any atom is -0.481 e. The maximum absolute atomic E-state index is 13.4. The smallest absolute Gasteiger partial charge is 0.326 e. The van der Waals surface area contributed by atoms with Crippen molar-refractivity contribution >= 4 is 46.5 Å². The zero-order chi connectivity index (χ0) is 30.0. The number of carboxylic acid groups (broad SMARTS) is 2. The molecule has 4 atom stereocenters. The fourth-order valence-electron chi connectivity index (χ4n) is 4.06. The van der Waals surface area contributed by atoms with Crippen LogP contribution in [0.15, 0.2) is 30.5 Å². The van der Waals surface area contributed by atoms with Gasteiger partial charge in [-0.3, -0.25) is 24.0 Å². The number of carbonyl (C=O) groups excluding carboxylic acids is 4. The molecule has 1 aromatic heterocycles. The Morgan fingerprint density at radius 1 is 0.900 bits per heavy atom. The molecule has 0 saturated carbocycles. The number of aromatic nitrogens is 1. The number of carboxylic acids is 2. The second kappa shape index (κ2) is 14.6. The van der Waals surface area contributed by atoms with Crippen LogP contribution in [0.1, 0.15) is 45.1 Å². The Balaban J connectivity index is 2.30. The minimum atomic E-state index is -1.63. The lowest BCUT2D eigenvalue weighted by Crippen LogP contribution is -2.58. The maximum Gasteiger partial charge on any atom is 0.326 e. The second-order valence-corrected chi connectivity index (χ2v) is 9.92. The highest BCUT2D eigenvalue weighted by atomic mass is 16.4. The molecule has 0 radical (unpaired) electrons. The Morgan fingerprint density at radius 3 is 2.10 bits per heavy atom. The van der Waals surface area contributed by atoms with Crippen molar-refractivity contribution in [3.8, 4) is 0 Å². The lowest BCUT2D eigenvalue weighted by Gasteiger charge is -2.25. The molecular weight excluding hydrogens is 524 g/mol. The van der Waals surface area contributed by atoms with Gasteiger partial charge in [-0.1, -0.05) is 32.0 Å². The highest BCUT2D eigenvalue weighted by Gasteiger charge is 2.32. The first kappa shape index (κ1) is 31.8. The van der Waals surface area contributed by atoms with Gasteiger partial charge < -0.3 is 42.6 Å². The molecule has 14 nitrogen and oxygen atoms in total. The van der Waals surface area contributed by atoms with E-state index in [4.69, 9.17) is 11.5 Å². The van der Waals surface area contributed by atoms with Crippen molar-refractivity contribution in [1.29, 1.82) is 0 Å². The molecule has 4 amide bonds. The summed E-state index contributed by atoms with van der Waals surface area (Å²) >= 11 is 0. The lowest BCUT2D eigenvalue weighted by atomic mass is 10.0. The Morgan fingerprint density at radius 2 is 1.50 bits per heavy atom. The van der Waals surface area contributed by atoms with E-state index in [1.165, 1.54) is 0 Å². The van der Waals surface area contributed by atoms with E-state index in [1.54, 1.807) is 32.2 Å². The van der Waals surface area contributed by atoms with E-state index in [2.05, 4.69) is 20.9 Å². The first-order chi connectivity index (χ1) is 18.8. The van der Waals surface area contributed by atoms with Gasteiger partial charge in [0.15, 0.2) is 0 Å². The number of aliphatic carboxylic acids is 2. The quantitative estimate of drug-likeness (QED) is 0.130. The average Bonchev–Trinajstić information content (AvgIpc) is 3.28. The fourth-order valence-corrected chi connectivity index (χ4v) is 4.06. The van der Waals surface area contributed by atoms with E-state index < -0.39 is 66.2 Å². The minimum absolute atomic E-state index is 0.0589. The van der Waals surface area contributed by atoms with Crippen molar-refractivity contribution in [3.63, 3.8) is 0 Å². The van der Waals surface area contributed by atoms with Gasteiger partial charge in [0.25, 0.3) is 0 Å². The maximum atomic E-state index is 13.4. The second-order valence-electron chi connectivity index (χ2n) is 9.92. The van der Waals surface area contributed by atoms with Crippen molar-refractivity contribution in [3.05, 3.63) is 36.0 Å². The number of para-hydroxylation sites is 1. The van der Waals surface area contributed by atoms with Gasteiger partial charge in [-0.05, 0) is 30.4 Å². The molecule has 4 unspecified atom stereocenters. The molecule has 1 heterocycles. The zero-order valence-corrected chi connectivity index (χ0v) is 22.3. The molecule has 10 N–H and O–H groups in total. The molecule has 2 rings (SSSR count). The first-order valence-electron chi connectivity index (χ1n) is 12.7. The van der Waals surface area contributed by atoms with Crippen molar-refractivity contribution in [2.24, 2.45) is 17.4 Å². The molecule has 0 fully saturated rings. The molecular formula is C26H36N6O8. The van der Waals surface area contributed by atoms with Gasteiger partial charge in [-0.2, -0.15) is 0 Å². The predicted molar refractivity (Wildman–Crippen MR) is 144 cm³/mol. The molecule has 0 aliphatic heterocycles. The number of nitrogens with one attached hydrogen (secondary N) is 4. The Bertz CT molecular complexity index is 1240. The van der Waals surface area contributed by atoms with E-state index in [1.807, 2.05) is 12.1 Å². The zero-order valence-electron chi connectivity index (χ0n) is 22.3. The van der Waals surface area contributed by atoms with Gasteiger partial charge in [0, 0.05) is 29.9 Å². The van der Waals surface area contributed by atoms with Crippen LogP contribution in [0, 0.1) is 5.92 Å². The van der Waals surface area contributed by atoms with Gasteiger partial charge in [0.2, 0.25) is 23.6 Å². The number of hydrogen-bond acceptors (Lipinski definition) is 7. The van der Waals surface area contributed by atoms with E-state index in [0.29, 0.717) is 5.56 Å². The Labute approximate surface area is 230 Å². The SMILES string of the molecule is CC(C)CC(NC(=O)C(CC(=O)O)NC(=O)C(Cc1c[nH]c2ccccc12)NC(=O)C(N)CCC(N)=O)C(=O)O. The summed E-state index contributed by atoms with van der Waals surface area (Å²) in [6.07, 6.45) is 0.606. The van der Waals surface area contributed by atoms with Gasteiger partial charge in [-0.25, -0.2) is 4.79 Å². The van der Waals surface area contributed by atoms with Crippen molar-refractivity contribution in [2.75, 3.05) is 0 Å². The largest absolute Gasteiger partial charge is 0.481 e. The Hall–Kier alpha value is -4.46. The highest BCUT2D eigenvalue weighted by Crippen LogP contribution is 2.19. The molecule has 0 saturated heterocycles. The molecule has 14 heteroatoms. The molecule has 218 valence electrons. The van der Waals surface area contributed by atoms with Crippen LogP contribution in [-0.2, 0) is 35.2 Å². The molecule has 0 bridgehead atoms. The third-order valence-electron chi connectivity index (χ3n) is 6.10. The third-order valence-corrected chi connectivity index (χ3v) is 6.10. The summed E-state index contributed by atoms with van der Waals surface area (Å²) in [6, 6.07) is 1.81. The topological polar surface area (TPSA) is 247 Å². The van der Waals surface area contributed by atoms with Crippen LogP contribution >= 0.6 is 0 Å². The molecule has 40 heavy (non-hydrogen) atoms. The summed E-state index contributed by atoms with van der Waals surface area (Å²) in [4.78, 5) is 76.3. The third kappa shape index (κ3) is 9.69. The van der Waals surface area contributed by atoms with Crippen molar-refractivity contribution in [2.45, 2.75) is 70.1 Å². The Kier molecular flexibility index (Phi) is 11.6. The number of rotatable bonds is 16. The van der Waals surface area contributed by atoms with Crippen LogP contribution in [0.2, 0.25) is 0 Å². The number of hydrogen-bond donors (Lipinski definition) is 8. The summed E-state index contributed by atoms with van der Waals surface area (Å²) < 4.78 is 0. The number of H-pyrrole nitrogens is 1. The number of nitrogens with two attached hydrogens (primary N) is 2. The lowest BCUT2D eigenvalue weighted by molar-refractivity contribution is -0.144. The van der Waals surface area contributed by atoms with Crippen molar-refractivity contribution < 1.29 is 39.0 Å². The van der Waals surface area contributed by atoms with Crippen molar-refractivity contribution in [1.82, 2.24) is 20.9 Å². The number of fused-ring (bicyclic) bond motifs is 1. The fraction of sp³-hybridized carbons (Fsp3) is 0.462. The van der Waals surface area contributed by atoms with E-state index in [9.17, 15) is 39.0 Å². The molecule has 0 spiro atoms. The molecule has 2 aromatic rings. The van der Waals surface area contributed by atoms with Crippen LogP contribution in [0.5, 0.6) is 0 Å². The van der Waals surface area contributed by atoms with Gasteiger partial charge in [-0.15, -0.1) is 0 Å². The van der Waals surface area contributed by atoms with Gasteiger partial charge >= 0.3 is 11.9 Å². The normalized spacial score (nSPS) is 14.1. The van der Waals surface area contributed by atoms with E-state index in [-0.39, 0.29) is 31.6 Å². The molecule has 1 aromatic carbocycles. The summed E-state index contributed by atoms with van der Waals surface area (Å²) in [5, 5.41) is 26.7. The number of amides is 4. The number of primary amides is 1. The summed E-state index contributed by atoms with van der Waals surface area (Å²) in [5.74, 6) is -6.13. The average molecular weight is 561 g/mol. The van der Waals surface area contributed by atoms with Crippen LogP contribution in [0.25, 0.3) is 10.9 Å². The molecule has 0 aliphatic carbocycles.